The van der Waals surface area contributed by atoms with Gasteiger partial charge in [-0.05, 0) is 19.9 Å². The molecule has 0 saturated heterocycles. The molecule has 0 unspecified atom stereocenters. The summed E-state index contributed by atoms with van der Waals surface area (Å²) in [5.74, 6) is 0.740. The van der Waals surface area contributed by atoms with Crippen molar-refractivity contribution in [2.45, 2.75) is 38.6 Å². The molecule has 1 aliphatic rings. The Morgan fingerprint density at radius 3 is 2.88 bits per heavy atom. The Hall–Kier alpha value is -0.740. The molecule has 4 heteroatoms. The third-order valence-corrected chi connectivity index (χ3v) is 4.04. The molecular weight excluding hydrogens is 232 g/mol. The summed E-state index contributed by atoms with van der Waals surface area (Å²) in [4.78, 5) is 18.4. The molecule has 0 bridgehead atoms. The molecule has 0 amide bonds. The lowest BCUT2D eigenvalue weighted by atomic mass is 9.86. The average Bonchev–Trinajstić information content (AvgIpc) is 2.82. The van der Waals surface area contributed by atoms with Crippen LogP contribution in [-0.4, -0.2) is 29.3 Å². The van der Waals surface area contributed by atoms with Crippen molar-refractivity contribution >= 4 is 17.1 Å². The number of ketones is 1. The summed E-state index contributed by atoms with van der Waals surface area (Å²) in [5.41, 5.74) is 2.90. The molecule has 1 aromatic rings. The molecule has 2 rings (SSSR count). The van der Waals surface area contributed by atoms with E-state index in [4.69, 9.17) is 0 Å². The van der Waals surface area contributed by atoms with Gasteiger partial charge in [-0.25, -0.2) is 4.98 Å². The standard InChI is InChI=1S/C13H20N2OS/c1-15(7-12-9-17-10-14-12)8-13(16)11-5-3-2-4-6-11/h9-11H,2-8H2,1H3. The molecule has 3 nitrogen and oxygen atoms in total. The second kappa shape index (κ2) is 6.26. The predicted octanol–water partition coefficient (Wildman–Crippen LogP) is 2.72. The van der Waals surface area contributed by atoms with Crippen molar-refractivity contribution in [2.24, 2.45) is 5.92 Å². The molecular formula is C13H20N2OS. The molecule has 1 aromatic heterocycles. The summed E-state index contributed by atoms with van der Waals surface area (Å²) in [7, 11) is 2.00. The lowest BCUT2D eigenvalue weighted by Gasteiger charge is -2.23. The lowest BCUT2D eigenvalue weighted by molar-refractivity contribution is -0.124. The summed E-state index contributed by atoms with van der Waals surface area (Å²) in [6, 6.07) is 0. The molecule has 0 radical (unpaired) electrons. The van der Waals surface area contributed by atoms with E-state index in [1.54, 1.807) is 11.3 Å². The smallest absolute Gasteiger partial charge is 0.149 e. The van der Waals surface area contributed by atoms with Gasteiger partial charge in [0, 0.05) is 17.8 Å². The van der Waals surface area contributed by atoms with Crippen molar-refractivity contribution in [3.63, 3.8) is 0 Å². The summed E-state index contributed by atoms with van der Waals surface area (Å²) in [6.45, 7) is 1.35. The third-order valence-electron chi connectivity index (χ3n) is 3.40. The number of hydrogen-bond donors (Lipinski definition) is 0. The summed E-state index contributed by atoms with van der Waals surface area (Å²) < 4.78 is 0. The summed E-state index contributed by atoms with van der Waals surface area (Å²) >= 11 is 1.61. The maximum Gasteiger partial charge on any atom is 0.149 e. The fourth-order valence-electron chi connectivity index (χ4n) is 2.47. The minimum atomic E-state index is 0.321. The van der Waals surface area contributed by atoms with Crippen molar-refractivity contribution in [2.75, 3.05) is 13.6 Å². The number of nitrogens with zero attached hydrogens (tertiary/aromatic N) is 2. The number of thiazole rings is 1. The van der Waals surface area contributed by atoms with Gasteiger partial charge >= 0.3 is 0 Å². The van der Waals surface area contributed by atoms with Gasteiger partial charge in [-0.1, -0.05) is 19.3 Å². The van der Waals surface area contributed by atoms with Crippen molar-refractivity contribution in [1.82, 2.24) is 9.88 Å². The molecule has 1 aliphatic carbocycles. The quantitative estimate of drug-likeness (QED) is 0.808. The minimum absolute atomic E-state index is 0.321. The maximum absolute atomic E-state index is 12.1. The highest BCUT2D eigenvalue weighted by Gasteiger charge is 2.21. The number of likely N-dealkylation sites (N-methyl/N-ethyl adjacent to an activating group) is 1. The van der Waals surface area contributed by atoms with E-state index in [1.165, 1.54) is 19.3 Å². The van der Waals surface area contributed by atoms with E-state index in [1.807, 2.05) is 17.9 Å². The molecule has 1 saturated carbocycles. The second-order valence-corrected chi connectivity index (χ2v) is 5.67. The monoisotopic (exact) mass is 252 g/mol. The van der Waals surface area contributed by atoms with E-state index in [2.05, 4.69) is 9.88 Å². The minimum Gasteiger partial charge on any atom is -0.298 e. The van der Waals surface area contributed by atoms with Crippen LogP contribution in [0.3, 0.4) is 0 Å². The van der Waals surface area contributed by atoms with Crippen molar-refractivity contribution in [3.8, 4) is 0 Å². The van der Waals surface area contributed by atoms with E-state index in [0.717, 1.165) is 25.1 Å². The normalized spacial score (nSPS) is 17.5. The van der Waals surface area contributed by atoms with Gasteiger partial charge in [0.2, 0.25) is 0 Å². The summed E-state index contributed by atoms with van der Waals surface area (Å²) in [5, 5.41) is 2.04. The molecule has 1 fully saturated rings. The Morgan fingerprint density at radius 1 is 1.47 bits per heavy atom. The van der Waals surface area contributed by atoms with E-state index in [-0.39, 0.29) is 0 Å². The number of rotatable bonds is 5. The zero-order valence-corrected chi connectivity index (χ0v) is 11.2. The molecule has 0 spiro atoms. The topological polar surface area (TPSA) is 33.2 Å². The first-order valence-electron chi connectivity index (χ1n) is 6.34. The maximum atomic E-state index is 12.1. The average molecular weight is 252 g/mol. The highest BCUT2D eigenvalue weighted by molar-refractivity contribution is 7.07. The largest absolute Gasteiger partial charge is 0.298 e. The van der Waals surface area contributed by atoms with Gasteiger partial charge in [0.25, 0.3) is 0 Å². The van der Waals surface area contributed by atoms with Crippen molar-refractivity contribution in [3.05, 3.63) is 16.6 Å². The van der Waals surface area contributed by atoms with Gasteiger partial charge in [0.05, 0.1) is 17.7 Å². The van der Waals surface area contributed by atoms with Gasteiger partial charge in [-0.2, -0.15) is 0 Å². The molecule has 0 aliphatic heterocycles. The molecule has 1 heterocycles. The molecule has 17 heavy (non-hydrogen) atoms. The third kappa shape index (κ3) is 3.89. The van der Waals surface area contributed by atoms with Crippen LogP contribution in [0.2, 0.25) is 0 Å². The zero-order valence-electron chi connectivity index (χ0n) is 10.4. The van der Waals surface area contributed by atoms with Crippen LogP contribution in [0.4, 0.5) is 0 Å². The molecule has 0 N–H and O–H groups in total. The van der Waals surface area contributed by atoms with Gasteiger partial charge in [-0.3, -0.25) is 9.69 Å². The number of carbonyl (C=O) groups excluding carboxylic acids is 1. The van der Waals surface area contributed by atoms with Gasteiger partial charge in [-0.15, -0.1) is 11.3 Å². The highest BCUT2D eigenvalue weighted by Crippen LogP contribution is 2.24. The number of aromatic nitrogens is 1. The SMILES string of the molecule is CN(CC(=O)C1CCCCC1)Cc1cscn1. The highest BCUT2D eigenvalue weighted by atomic mass is 32.1. The van der Waals surface area contributed by atoms with Crippen LogP contribution in [0.25, 0.3) is 0 Å². The Morgan fingerprint density at radius 2 is 2.24 bits per heavy atom. The van der Waals surface area contributed by atoms with Crippen molar-refractivity contribution < 1.29 is 4.79 Å². The molecule has 0 aromatic carbocycles. The zero-order chi connectivity index (χ0) is 12.1. The van der Waals surface area contributed by atoms with E-state index >= 15 is 0 Å². The predicted molar refractivity (Wildman–Crippen MR) is 70.0 cm³/mol. The number of carbonyl (C=O) groups is 1. The first-order chi connectivity index (χ1) is 8.25. The number of hydrogen-bond acceptors (Lipinski definition) is 4. The Balaban J connectivity index is 1.77. The number of Topliss-reactive ketones (excluding diaryl/α,β-unsaturated/α-hetero) is 1. The Kier molecular flexibility index (Phi) is 4.68. The Bertz CT molecular complexity index is 344. The van der Waals surface area contributed by atoms with Gasteiger partial charge < -0.3 is 0 Å². The van der Waals surface area contributed by atoms with Crippen LogP contribution in [-0.2, 0) is 11.3 Å². The summed E-state index contributed by atoms with van der Waals surface area (Å²) in [6.07, 6.45) is 5.96. The molecule has 0 atom stereocenters. The fraction of sp³-hybridized carbons (Fsp3) is 0.692. The van der Waals surface area contributed by atoms with Crippen LogP contribution < -0.4 is 0 Å². The molecule has 94 valence electrons. The van der Waals surface area contributed by atoms with Gasteiger partial charge in [0.1, 0.15) is 5.78 Å². The first kappa shape index (κ1) is 12.7. The van der Waals surface area contributed by atoms with Crippen LogP contribution in [0, 0.1) is 5.92 Å². The van der Waals surface area contributed by atoms with Crippen molar-refractivity contribution in [1.29, 1.82) is 0 Å². The van der Waals surface area contributed by atoms with Crippen LogP contribution in [0.5, 0.6) is 0 Å². The van der Waals surface area contributed by atoms with E-state index < -0.39 is 0 Å². The van der Waals surface area contributed by atoms with Gasteiger partial charge in [0.15, 0.2) is 0 Å². The second-order valence-electron chi connectivity index (χ2n) is 4.95. The fourth-order valence-corrected chi connectivity index (χ4v) is 3.02. The first-order valence-corrected chi connectivity index (χ1v) is 7.28. The van der Waals surface area contributed by atoms with Crippen LogP contribution in [0.15, 0.2) is 10.9 Å². The van der Waals surface area contributed by atoms with Crippen LogP contribution >= 0.6 is 11.3 Å². The van der Waals surface area contributed by atoms with Crippen LogP contribution in [0.1, 0.15) is 37.8 Å². The van der Waals surface area contributed by atoms with E-state index in [0.29, 0.717) is 18.2 Å². The lowest BCUT2D eigenvalue weighted by Crippen LogP contribution is -2.31. The Labute approximate surface area is 107 Å². The van der Waals surface area contributed by atoms with E-state index in [9.17, 15) is 4.79 Å².